The summed E-state index contributed by atoms with van der Waals surface area (Å²) in [6, 6.07) is 14.2. The van der Waals surface area contributed by atoms with Gasteiger partial charge in [0.05, 0.1) is 18.5 Å². The Labute approximate surface area is 141 Å². The number of carboxylic acid groups (broad SMARTS) is 1. The maximum atomic E-state index is 12.1. The maximum Gasteiger partial charge on any atom is 0.335 e. The van der Waals surface area contributed by atoms with Gasteiger partial charge in [-0.1, -0.05) is 36.4 Å². The summed E-state index contributed by atoms with van der Waals surface area (Å²) in [7, 11) is 0. The second kappa shape index (κ2) is 8.15. The Balaban J connectivity index is 1.87. The molecule has 5 heteroatoms. The van der Waals surface area contributed by atoms with Crippen molar-refractivity contribution >= 4 is 11.9 Å². The molecule has 0 radical (unpaired) electrons. The van der Waals surface area contributed by atoms with Crippen LogP contribution in [0, 0.1) is 6.92 Å². The number of hydrogen-bond acceptors (Lipinski definition) is 3. The Hall–Kier alpha value is -2.82. The second-order valence-electron chi connectivity index (χ2n) is 5.64. The molecule has 126 valence electrons. The van der Waals surface area contributed by atoms with E-state index < -0.39 is 5.97 Å². The fourth-order valence-corrected chi connectivity index (χ4v) is 2.32. The van der Waals surface area contributed by atoms with E-state index in [2.05, 4.69) is 5.32 Å². The van der Waals surface area contributed by atoms with Gasteiger partial charge < -0.3 is 15.2 Å². The van der Waals surface area contributed by atoms with Crippen LogP contribution in [-0.2, 0) is 11.2 Å². The molecule has 1 atom stereocenters. The zero-order valence-electron chi connectivity index (χ0n) is 13.8. The molecule has 0 aliphatic rings. The molecule has 24 heavy (non-hydrogen) atoms. The summed E-state index contributed by atoms with van der Waals surface area (Å²) in [5.41, 5.74) is 1.68. The van der Waals surface area contributed by atoms with Crippen LogP contribution in [-0.4, -0.2) is 29.6 Å². The van der Waals surface area contributed by atoms with E-state index in [1.54, 1.807) is 18.2 Å². The lowest BCUT2D eigenvalue weighted by atomic mass is 10.0. The first-order valence-corrected chi connectivity index (χ1v) is 7.77. The number of ether oxygens (including phenoxy) is 1. The first-order valence-electron chi connectivity index (χ1n) is 7.77. The number of hydrogen-bond donors (Lipinski definition) is 2. The molecule has 2 rings (SSSR count). The summed E-state index contributed by atoms with van der Waals surface area (Å²) in [4.78, 5) is 23.2. The highest BCUT2D eigenvalue weighted by molar-refractivity contribution is 5.91. The highest BCUT2D eigenvalue weighted by Gasteiger charge is 2.13. The SMILES string of the molecule is Cc1ccccc1OC(C)CNC(=O)Cc1ccccc1C(=O)O. The average Bonchev–Trinajstić information content (AvgIpc) is 2.55. The zero-order valence-corrected chi connectivity index (χ0v) is 13.8. The van der Waals surface area contributed by atoms with Crippen LogP contribution in [0.15, 0.2) is 48.5 Å². The van der Waals surface area contributed by atoms with Crippen molar-refractivity contribution in [3.63, 3.8) is 0 Å². The number of benzene rings is 2. The van der Waals surface area contributed by atoms with Crippen molar-refractivity contribution in [2.45, 2.75) is 26.4 Å². The Morgan fingerprint density at radius 2 is 1.79 bits per heavy atom. The summed E-state index contributed by atoms with van der Waals surface area (Å²) < 4.78 is 5.80. The van der Waals surface area contributed by atoms with Crippen LogP contribution in [0.25, 0.3) is 0 Å². The summed E-state index contributed by atoms with van der Waals surface area (Å²) in [6.07, 6.45) is -0.163. The van der Waals surface area contributed by atoms with Gasteiger partial charge in [0.2, 0.25) is 5.91 Å². The lowest BCUT2D eigenvalue weighted by molar-refractivity contribution is -0.120. The Bertz CT molecular complexity index is 727. The van der Waals surface area contributed by atoms with Gasteiger partial charge in [0, 0.05) is 0 Å². The molecule has 0 bridgehead atoms. The van der Waals surface area contributed by atoms with E-state index in [1.807, 2.05) is 38.1 Å². The van der Waals surface area contributed by atoms with Crippen molar-refractivity contribution in [1.82, 2.24) is 5.32 Å². The van der Waals surface area contributed by atoms with Gasteiger partial charge in [-0.25, -0.2) is 4.79 Å². The fourth-order valence-electron chi connectivity index (χ4n) is 2.32. The third kappa shape index (κ3) is 4.84. The van der Waals surface area contributed by atoms with Crippen LogP contribution < -0.4 is 10.1 Å². The van der Waals surface area contributed by atoms with Crippen LogP contribution in [0.1, 0.15) is 28.4 Å². The highest BCUT2D eigenvalue weighted by Crippen LogP contribution is 2.17. The number of carbonyl (C=O) groups excluding carboxylic acids is 1. The fraction of sp³-hybridized carbons (Fsp3) is 0.263. The Morgan fingerprint density at radius 1 is 1.12 bits per heavy atom. The molecule has 0 saturated heterocycles. The number of nitrogens with one attached hydrogen (secondary N) is 1. The second-order valence-corrected chi connectivity index (χ2v) is 5.64. The van der Waals surface area contributed by atoms with Crippen LogP contribution >= 0.6 is 0 Å². The lowest BCUT2D eigenvalue weighted by Gasteiger charge is -2.17. The number of amides is 1. The van der Waals surface area contributed by atoms with Crippen molar-refractivity contribution in [2.75, 3.05) is 6.54 Å². The van der Waals surface area contributed by atoms with Crippen molar-refractivity contribution in [3.05, 3.63) is 65.2 Å². The normalized spacial score (nSPS) is 11.6. The third-order valence-electron chi connectivity index (χ3n) is 3.61. The van der Waals surface area contributed by atoms with Crippen molar-refractivity contribution in [3.8, 4) is 5.75 Å². The molecule has 0 heterocycles. The maximum absolute atomic E-state index is 12.1. The van der Waals surface area contributed by atoms with Crippen LogP contribution in [0.3, 0.4) is 0 Å². The van der Waals surface area contributed by atoms with Crippen LogP contribution in [0.5, 0.6) is 5.75 Å². The quantitative estimate of drug-likeness (QED) is 0.820. The molecule has 0 aliphatic carbocycles. The zero-order chi connectivity index (χ0) is 17.5. The Kier molecular flexibility index (Phi) is 5.95. The molecule has 0 saturated carbocycles. The molecule has 0 spiro atoms. The molecule has 2 aromatic rings. The monoisotopic (exact) mass is 327 g/mol. The number of rotatable bonds is 7. The van der Waals surface area contributed by atoms with E-state index in [4.69, 9.17) is 9.84 Å². The van der Waals surface area contributed by atoms with E-state index in [1.165, 1.54) is 6.07 Å². The molecule has 1 unspecified atom stereocenters. The van der Waals surface area contributed by atoms with Gasteiger partial charge >= 0.3 is 5.97 Å². The number of aryl methyl sites for hydroxylation is 1. The van der Waals surface area contributed by atoms with E-state index in [-0.39, 0.29) is 24.0 Å². The van der Waals surface area contributed by atoms with Crippen LogP contribution in [0.4, 0.5) is 0 Å². The van der Waals surface area contributed by atoms with Gasteiger partial charge in [-0.15, -0.1) is 0 Å². The first-order chi connectivity index (χ1) is 11.5. The van der Waals surface area contributed by atoms with Crippen LogP contribution in [0.2, 0.25) is 0 Å². The summed E-state index contributed by atoms with van der Waals surface area (Å²) >= 11 is 0. The van der Waals surface area contributed by atoms with Gasteiger partial charge in [-0.05, 0) is 37.1 Å². The number of carboxylic acids is 1. The topological polar surface area (TPSA) is 75.6 Å². The van der Waals surface area contributed by atoms with E-state index >= 15 is 0 Å². The number of carbonyl (C=O) groups is 2. The first kappa shape index (κ1) is 17.5. The number of para-hydroxylation sites is 1. The van der Waals surface area contributed by atoms with Crippen molar-refractivity contribution in [1.29, 1.82) is 0 Å². The number of aromatic carboxylic acids is 1. The molecule has 1 amide bonds. The van der Waals surface area contributed by atoms with Gasteiger partial charge in [0.15, 0.2) is 0 Å². The highest BCUT2D eigenvalue weighted by atomic mass is 16.5. The van der Waals surface area contributed by atoms with Gasteiger partial charge in [-0.2, -0.15) is 0 Å². The van der Waals surface area contributed by atoms with Gasteiger partial charge in [0.25, 0.3) is 0 Å². The molecule has 2 aromatic carbocycles. The van der Waals surface area contributed by atoms with Crippen molar-refractivity contribution < 1.29 is 19.4 Å². The minimum Gasteiger partial charge on any atom is -0.489 e. The average molecular weight is 327 g/mol. The van der Waals surface area contributed by atoms with E-state index in [0.29, 0.717) is 12.1 Å². The minimum absolute atomic E-state index is 0.0273. The molecular formula is C19H21NO4. The predicted octanol–water partition coefficient (Wildman–Crippen LogP) is 2.82. The minimum atomic E-state index is -1.03. The Morgan fingerprint density at radius 3 is 2.50 bits per heavy atom. The smallest absolute Gasteiger partial charge is 0.335 e. The van der Waals surface area contributed by atoms with Crippen molar-refractivity contribution in [2.24, 2.45) is 0 Å². The summed E-state index contributed by atoms with van der Waals surface area (Å²) in [6.45, 7) is 4.18. The molecule has 5 nitrogen and oxygen atoms in total. The summed E-state index contributed by atoms with van der Waals surface area (Å²) in [5.74, 6) is -0.478. The third-order valence-corrected chi connectivity index (χ3v) is 3.61. The molecule has 0 fully saturated rings. The van der Waals surface area contributed by atoms with Gasteiger partial charge in [-0.3, -0.25) is 4.79 Å². The van der Waals surface area contributed by atoms with E-state index in [9.17, 15) is 9.59 Å². The molecule has 0 aromatic heterocycles. The van der Waals surface area contributed by atoms with E-state index in [0.717, 1.165) is 11.3 Å². The summed E-state index contributed by atoms with van der Waals surface area (Å²) in [5, 5.41) is 11.9. The predicted molar refractivity (Wildman–Crippen MR) is 91.4 cm³/mol. The molecule has 0 aliphatic heterocycles. The standard InChI is InChI=1S/C19H21NO4/c1-13-7-3-6-10-17(13)24-14(2)12-20-18(21)11-15-8-4-5-9-16(15)19(22)23/h3-10,14H,11-12H2,1-2H3,(H,20,21)(H,22,23). The molecule has 2 N–H and O–H groups in total. The largest absolute Gasteiger partial charge is 0.489 e. The molecular weight excluding hydrogens is 306 g/mol. The van der Waals surface area contributed by atoms with Gasteiger partial charge in [0.1, 0.15) is 11.9 Å². The lowest BCUT2D eigenvalue weighted by Crippen LogP contribution is -2.34.